The monoisotopic (exact) mass is 480 g/mol. The number of hydrogen-bond acceptors (Lipinski definition) is 7. The van der Waals surface area contributed by atoms with Gasteiger partial charge in [0.2, 0.25) is 0 Å². The van der Waals surface area contributed by atoms with Gasteiger partial charge in [-0.3, -0.25) is 4.79 Å². The molecule has 4 rings (SSSR count). The molecular weight excluding hydrogens is 436 g/mol. The number of carbonyl (C=O) groups excluding carboxylic acids is 1. The van der Waals surface area contributed by atoms with Crippen molar-refractivity contribution < 1.29 is 35.4 Å². The van der Waals surface area contributed by atoms with Crippen molar-refractivity contribution in [2.75, 3.05) is 0 Å². The largest absolute Gasteiger partial charge is 0.390 e. The van der Waals surface area contributed by atoms with Gasteiger partial charge < -0.3 is 30.6 Å². The molecule has 10 atom stereocenters. The van der Waals surface area contributed by atoms with Gasteiger partial charge in [0, 0.05) is 11.3 Å². The van der Waals surface area contributed by atoms with Crippen LogP contribution in [0.3, 0.4) is 0 Å². The molecule has 7 nitrogen and oxygen atoms in total. The van der Waals surface area contributed by atoms with Crippen LogP contribution in [0.1, 0.15) is 86.0 Å². The van der Waals surface area contributed by atoms with Crippen LogP contribution in [0.4, 0.5) is 0 Å². The first-order valence-electron chi connectivity index (χ1n) is 12.9. The first-order valence-corrected chi connectivity index (χ1v) is 12.9. The summed E-state index contributed by atoms with van der Waals surface area (Å²) < 4.78 is 0. The van der Waals surface area contributed by atoms with Crippen LogP contribution in [-0.2, 0) is 4.79 Å². The van der Waals surface area contributed by atoms with Gasteiger partial charge in [-0.1, -0.05) is 13.8 Å². The lowest BCUT2D eigenvalue weighted by molar-refractivity contribution is -0.177. The average molecular weight is 481 g/mol. The Bertz CT molecular complexity index is 860. The van der Waals surface area contributed by atoms with E-state index in [0.29, 0.717) is 44.1 Å². The zero-order valence-electron chi connectivity index (χ0n) is 21.3. The summed E-state index contributed by atoms with van der Waals surface area (Å²) in [6, 6.07) is 0. The lowest BCUT2D eigenvalue weighted by Gasteiger charge is -2.60. The number of aliphatic hydroxyl groups excluding tert-OH is 3. The number of rotatable bonds is 5. The van der Waals surface area contributed by atoms with Gasteiger partial charge >= 0.3 is 0 Å². The Labute approximate surface area is 202 Å². The molecule has 3 saturated carbocycles. The molecule has 194 valence electrons. The maximum atomic E-state index is 13.2. The molecule has 0 radical (unpaired) electrons. The van der Waals surface area contributed by atoms with Crippen LogP contribution in [0.2, 0.25) is 0 Å². The minimum atomic E-state index is -1.46. The smallest absolute Gasteiger partial charge is 0.159 e. The van der Waals surface area contributed by atoms with E-state index in [9.17, 15) is 35.4 Å². The molecule has 3 fully saturated rings. The lowest BCUT2D eigenvalue weighted by Crippen LogP contribution is -2.62. The Hall–Kier alpha value is -0.830. The number of carbonyl (C=O) groups is 1. The second-order valence-corrected chi connectivity index (χ2v) is 13.2. The SMILES string of the molecule is CC(C)(O)CC[C@@H](O)[C@](C)(O)C1CC[C@@]2(O)C3=CC(=O)C4C[C@@H](O)[C@@H](O)CC4(C)C3CCC12C. The van der Waals surface area contributed by atoms with Crippen LogP contribution >= 0.6 is 0 Å². The van der Waals surface area contributed by atoms with E-state index in [2.05, 4.69) is 0 Å². The van der Waals surface area contributed by atoms with Crippen molar-refractivity contribution in [2.45, 2.75) is 121 Å². The molecular formula is C27H44O7. The van der Waals surface area contributed by atoms with E-state index in [0.717, 1.165) is 0 Å². The first-order chi connectivity index (χ1) is 15.5. The summed E-state index contributed by atoms with van der Waals surface area (Å²) in [7, 11) is 0. The summed E-state index contributed by atoms with van der Waals surface area (Å²) in [5.74, 6) is -0.948. The highest BCUT2D eigenvalue weighted by molar-refractivity contribution is 5.95. The molecule has 4 aliphatic rings. The molecule has 6 N–H and O–H groups in total. The van der Waals surface area contributed by atoms with Crippen molar-refractivity contribution in [3.8, 4) is 0 Å². The third-order valence-electron chi connectivity index (χ3n) is 10.5. The lowest BCUT2D eigenvalue weighted by atomic mass is 9.45. The molecule has 34 heavy (non-hydrogen) atoms. The molecule has 0 aromatic rings. The van der Waals surface area contributed by atoms with Crippen LogP contribution in [0.15, 0.2) is 11.6 Å². The number of ketones is 1. The van der Waals surface area contributed by atoms with Gasteiger partial charge in [0.1, 0.15) is 0 Å². The normalized spacial score (nSPS) is 47.2. The van der Waals surface area contributed by atoms with Gasteiger partial charge in [0.05, 0.1) is 35.1 Å². The van der Waals surface area contributed by atoms with E-state index in [-0.39, 0.29) is 36.4 Å². The van der Waals surface area contributed by atoms with E-state index in [1.54, 1.807) is 26.8 Å². The zero-order chi connectivity index (χ0) is 25.5. The fourth-order valence-corrected chi connectivity index (χ4v) is 8.32. The predicted octanol–water partition coefficient (Wildman–Crippen LogP) is 1.85. The van der Waals surface area contributed by atoms with Crippen LogP contribution in [-0.4, -0.2) is 71.5 Å². The van der Waals surface area contributed by atoms with Crippen molar-refractivity contribution >= 4 is 5.78 Å². The van der Waals surface area contributed by atoms with Gasteiger partial charge in [0.25, 0.3) is 0 Å². The van der Waals surface area contributed by atoms with Crippen molar-refractivity contribution in [3.05, 3.63) is 11.6 Å². The van der Waals surface area contributed by atoms with Crippen molar-refractivity contribution in [2.24, 2.45) is 28.6 Å². The fourth-order valence-electron chi connectivity index (χ4n) is 8.32. The highest BCUT2D eigenvalue weighted by Gasteiger charge is 2.69. The van der Waals surface area contributed by atoms with E-state index < -0.39 is 45.9 Å². The van der Waals surface area contributed by atoms with E-state index in [1.807, 2.05) is 13.8 Å². The molecule has 0 spiro atoms. The van der Waals surface area contributed by atoms with Crippen LogP contribution in [0.5, 0.6) is 0 Å². The maximum Gasteiger partial charge on any atom is 0.159 e. The highest BCUT2D eigenvalue weighted by atomic mass is 16.3. The van der Waals surface area contributed by atoms with Gasteiger partial charge in [0.15, 0.2) is 5.78 Å². The van der Waals surface area contributed by atoms with E-state index in [1.165, 1.54) is 0 Å². The zero-order valence-corrected chi connectivity index (χ0v) is 21.3. The molecule has 0 heterocycles. The van der Waals surface area contributed by atoms with Crippen LogP contribution in [0, 0.1) is 28.6 Å². The third kappa shape index (κ3) is 3.73. The van der Waals surface area contributed by atoms with Crippen LogP contribution in [0.25, 0.3) is 0 Å². The molecule has 4 aliphatic carbocycles. The Morgan fingerprint density at radius 1 is 1.06 bits per heavy atom. The number of aliphatic hydroxyl groups is 6. The van der Waals surface area contributed by atoms with Gasteiger partial charge in [-0.25, -0.2) is 0 Å². The fraction of sp³-hybridized carbons (Fsp3) is 0.889. The molecule has 0 aliphatic heterocycles. The molecule has 0 saturated heterocycles. The molecule has 0 aromatic heterocycles. The minimum absolute atomic E-state index is 0.0840. The summed E-state index contributed by atoms with van der Waals surface area (Å²) >= 11 is 0. The summed E-state index contributed by atoms with van der Waals surface area (Å²) in [6.45, 7) is 8.96. The summed E-state index contributed by atoms with van der Waals surface area (Å²) in [6.07, 6.45) is 2.11. The molecule has 0 amide bonds. The minimum Gasteiger partial charge on any atom is -0.390 e. The summed E-state index contributed by atoms with van der Waals surface area (Å²) in [5, 5.41) is 65.5. The molecule has 0 aromatic carbocycles. The van der Waals surface area contributed by atoms with Crippen LogP contribution < -0.4 is 0 Å². The first kappa shape index (κ1) is 26.2. The van der Waals surface area contributed by atoms with Crippen molar-refractivity contribution in [1.82, 2.24) is 0 Å². The Morgan fingerprint density at radius 3 is 2.32 bits per heavy atom. The second-order valence-electron chi connectivity index (χ2n) is 13.2. The maximum absolute atomic E-state index is 13.2. The number of allylic oxidation sites excluding steroid dienone is 1. The molecule has 5 unspecified atom stereocenters. The highest BCUT2D eigenvalue weighted by Crippen LogP contribution is 2.68. The standard InChI is InChI=1S/C27H44O7/c1-23(2,32)9-8-22(31)26(5,33)21-7-11-27(34)16-12-18(28)17-13-19(29)20(30)14-24(17,3)15(16)6-10-25(21,27)4/h12,15,17,19-22,29-34H,6-11,13-14H2,1-5H3/t15?,17?,19-,20+,21?,22-,24?,25?,26-,27-/m1/s1. The van der Waals surface area contributed by atoms with Gasteiger partial charge in [-0.05, 0) is 101 Å². The van der Waals surface area contributed by atoms with Gasteiger partial charge in [-0.15, -0.1) is 0 Å². The van der Waals surface area contributed by atoms with E-state index in [4.69, 9.17) is 0 Å². The predicted molar refractivity (Wildman–Crippen MR) is 127 cm³/mol. The third-order valence-corrected chi connectivity index (χ3v) is 10.5. The van der Waals surface area contributed by atoms with E-state index >= 15 is 0 Å². The topological polar surface area (TPSA) is 138 Å². The average Bonchev–Trinajstić information content (AvgIpc) is 3.00. The van der Waals surface area contributed by atoms with Gasteiger partial charge in [-0.2, -0.15) is 0 Å². The molecule has 7 heteroatoms. The Morgan fingerprint density at radius 2 is 1.71 bits per heavy atom. The Balaban J connectivity index is 1.66. The number of hydrogen-bond donors (Lipinski definition) is 6. The van der Waals surface area contributed by atoms with Crippen molar-refractivity contribution in [1.29, 1.82) is 0 Å². The van der Waals surface area contributed by atoms with Crippen molar-refractivity contribution in [3.63, 3.8) is 0 Å². The quantitative estimate of drug-likeness (QED) is 0.353. The summed E-state index contributed by atoms with van der Waals surface area (Å²) in [5.41, 5.74) is -4.27. The molecule has 0 bridgehead atoms. The number of fused-ring (bicyclic) bond motifs is 5. The summed E-state index contributed by atoms with van der Waals surface area (Å²) in [4.78, 5) is 13.2. The Kier molecular flexibility index (Phi) is 6.24. The second kappa shape index (κ2) is 8.09.